The fourth-order valence-corrected chi connectivity index (χ4v) is 11.1. The third-order valence-corrected chi connectivity index (χ3v) is 17.2. The summed E-state index contributed by atoms with van der Waals surface area (Å²) in [5.41, 5.74) is 0. The zero-order chi connectivity index (χ0) is 73.2. The van der Waals surface area contributed by atoms with Crippen LogP contribution in [0, 0.1) is 0 Å². The number of phosphoric ester groups is 2. The summed E-state index contributed by atoms with van der Waals surface area (Å²) in [7, 11) is -9.99. The first-order valence-corrected chi connectivity index (χ1v) is 41.1. The normalized spacial score (nSPS) is 14.8. The van der Waals surface area contributed by atoms with Gasteiger partial charge >= 0.3 is 39.5 Å². The first-order valence-electron chi connectivity index (χ1n) is 38.1. The fraction of sp³-hybridized carbons (Fsp3) is 0.654. The van der Waals surface area contributed by atoms with Gasteiger partial charge in [0.15, 0.2) is 12.2 Å². The number of phosphoric acid groups is 2. The van der Waals surface area contributed by atoms with Crippen molar-refractivity contribution < 1.29 is 80.2 Å². The lowest BCUT2D eigenvalue weighted by Crippen LogP contribution is -2.30. The van der Waals surface area contributed by atoms with Crippen LogP contribution >= 0.6 is 15.6 Å². The van der Waals surface area contributed by atoms with Crippen LogP contribution in [0.15, 0.2) is 146 Å². The third kappa shape index (κ3) is 71.3. The molecule has 19 heteroatoms. The second kappa shape index (κ2) is 72.3. The molecule has 0 heterocycles. The van der Waals surface area contributed by atoms with E-state index in [-0.39, 0.29) is 25.7 Å². The Bertz CT molecular complexity index is 2470. The molecule has 0 aromatic carbocycles. The molecule has 0 aliphatic heterocycles. The number of hydrogen-bond donors (Lipinski definition) is 3. The summed E-state index contributed by atoms with van der Waals surface area (Å²) in [5.74, 6) is -2.37. The molecule has 0 aromatic heterocycles. The SMILES string of the molecule is CC/C=C\C/C=C\C/C=C\C/C=C\C/C=C\CC(=O)OCC(COP(=O)(O)OCC(O)COP(=O)(O)OCC(COC(=O)CCCCCCCC/C=C\C/C=C\C/C=C\CCCCC)OC(=O)CCCCCCC/C=C\C/C=C\C/C=C\CC)OC(=O)CCCCCCC/C=C\CCCC. The Labute approximate surface area is 605 Å². The zero-order valence-corrected chi connectivity index (χ0v) is 63.9. The average molecular weight is 1440 g/mol. The van der Waals surface area contributed by atoms with Crippen molar-refractivity contribution in [1.29, 1.82) is 0 Å². The molecule has 0 spiro atoms. The summed E-state index contributed by atoms with van der Waals surface area (Å²) >= 11 is 0. The lowest BCUT2D eigenvalue weighted by atomic mass is 10.1. The summed E-state index contributed by atoms with van der Waals surface area (Å²) in [6.45, 7) is 4.40. The topological polar surface area (TPSA) is 237 Å². The molecule has 0 saturated heterocycles. The van der Waals surface area contributed by atoms with Gasteiger partial charge in [0.1, 0.15) is 19.3 Å². The lowest BCUT2D eigenvalue weighted by molar-refractivity contribution is -0.161. The quantitative estimate of drug-likeness (QED) is 0.0169. The monoisotopic (exact) mass is 1440 g/mol. The summed E-state index contributed by atoms with van der Waals surface area (Å²) in [6.07, 6.45) is 81.6. The van der Waals surface area contributed by atoms with Crippen LogP contribution in [0.1, 0.15) is 285 Å². The van der Waals surface area contributed by atoms with Gasteiger partial charge < -0.3 is 33.8 Å². The molecule has 100 heavy (non-hydrogen) atoms. The van der Waals surface area contributed by atoms with Crippen molar-refractivity contribution in [2.24, 2.45) is 0 Å². The maximum Gasteiger partial charge on any atom is 0.472 e. The average Bonchev–Trinajstić information content (AvgIpc) is 0.945. The molecule has 17 nitrogen and oxygen atoms in total. The molecule has 0 saturated carbocycles. The van der Waals surface area contributed by atoms with Crippen molar-refractivity contribution in [3.63, 3.8) is 0 Å². The fourth-order valence-electron chi connectivity index (χ4n) is 9.53. The molecular weight excluding hydrogens is 1310 g/mol. The van der Waals surface area contributed by atoms with Gasteiger partial charge in [-0.3, -0.25) is 37.3 Å². The van der Waals surface area contributed by atoms with Crippen LogP contribution in [0.3, 0.4) is 0 Å². The van der Waals surface area contributed by atoms with Gasteiger partial charge in [0.05, 0.1) is 32.8 Å². The molecule has 0 aliphatic rings. The van der Waals surface area contributed by atoms with Crippen molar-refractivity contribution in [1.82, 2.24) is 0 Å². The minimum atomic E-state index is -5.00. The Morgan fingerprint density at radius 3 is 0.930 bits per heavy atom. The number of aliphatic hydroxyl groups is 1. The first-order chi connectivity index (χ1) is 48.7. The number of rotatable bonds is 70. The van der Waals surface area contributed by atoms with E-state index in [2.05, 4.69) is 149 Å². The number of hydrogen-bond acceptors (Lipinski definition) is 15. The van der Waals surface area contributed by atoms with Crippen molar-refractivity contribution in [3.8, 4) is 0 Å². The van der Waals surface area contributed by atoms with Gasteiger partial charge in [-0.2, -0.15) is 0 Å². The van der Waals surface area contributed by atoms with E-state index in [1.807, 2.05) is 18.2 Å². The van der Waals surface area contributed by atoms with E-state index in [1.54, 1.807) is 6.08 Å². The molecule has 3 N–H and O–H groups in total. The predicted molar refractivity (Wildman–Crippen MR) is 408 cm³/mol. The third-order valence-electron chi connectivity index (χ3n) is 15.3. The Balaban J connectivity index is 5.42. The molecule has 0 fully saturated rings. The molecule has 5 unspecified atom stereocenters. The maximum absolute atomic E-state index is 13.1. The van der Waals surface area contributed by atoms with Crippen LogP contribution in [-0.4, -0.2) is 96.7 Å². The molecule has 0 aliphatic carbocycles. The van der Waals surface area contributed by atoms with Crippen molar-refractivity contribution in [2.75, 3.05) is 39.6 Å². The number of carbonyl (C=O) groups is 4. The van der Waals surface area contributed by atoms with E-state index in [0.717, 1.165) is 180 Å². The van der Waals surface area contributed by atoms with E-state index >= 15 is 0 Å². The van der Waals surface area contributed by atoms with Gasteiger partial charge in [-0.05, 0) is 141 Å². The van der Waals surface area contributed by atoms with E-state index in [4.69, 9.17) is 37.0 Å². The number of aliphatic hydroxyl groups excluding tert-OH is 1. The van der Waals surface area contributed by atoms with Gasteiger partial charge in [0, 0.05) is 19.3 Å². The number of unbranched alkanes of at least 4 members (excludes halogenated alkanes) is 21. The highest BCUT2D eigenvalue weighted by molar-refractivity contribution is 7.47. The van der Waals surface area contributed by atoms with Gasteiger partial charge in [-0.1, -0.05) is 263 Å². The number of esters is 4. The van der Waals surface area contributed by atoms with E-state index in [1.165, 1.54) is 25.7 Å². The molecule has 0 rings (SSSR count). The lowest BCUT2D eigenvalue weighted by Gasteiger charge is -2.21. The standard InChI is InChI=1S/C81H134O17P2/c1-5-9-13-17-21-25-29-32-35-36-37-38-41-43-47-50-54-58-62-66-79(84)92-72-77(98-81(86)68-64-60-56-52-48-44-40-34-31-27-23-19-15-11-7-3)74-96-100(89,90)94-70-75(82)69-93-99(87,88)95-73-76(97-80(85)67-63-59-55-51-45-28-24-20-16-12-8-4)71-91-78(83)65-61-57-53-49-46-42-39-33-30-26-22-18-14-10-6-2/h10-11,14-15,20-27,32-35,37-40,46,49,57,61,75-77,82H,5-9,12-13,16-19,28-31,36,41-45,47-48,50-56,58-60,62-74H2,1-4H3,(H,87,88)(H,89,90)/b14-10-,15-11-,24-20-,25-21-,26-22-,27-23-,35-32-,38-37-,39-33-,40-34-,49-46-,61-57-. The highest BCUT2D eigenvalue weighted by Gasteiger charge is 2.30. The van der Waals surface area contributed by atoms with Crippen LogP contribution < -0.4 is 0 Å². The minimum absolute atomic E-state index is 0.0607. The highest BCUT2D eigenvalue weighted by Crippen LogP contribution is 2.45. The highest BCUT2D eigenvalue weighted by atomic mass is 31.2. The van der Waals surface area contributed by atoms with Gasteiger partial charge in [-0.15, -0.1) is 0 Å². The van der Waals surface area contributed by atoms with E-state index in [0.29, 0.717) is 25.7 Å². The van der Waals surface area contributed by atoms with Gasteiger partial charge in [0.2, 0.25) is 0 Å². The van der Waals surface area contributed by atoms with Crippen LogP contribution in [-0.2, 0) is 65.4 Å². The first kappa shape index (κ1) is 94.9. The van der Waals surface area contributed by atoms with Crippen molar-refractivity contribution in [2.45, 2.75) is 303 Å². The maximum atomic E-state index is 13.1. The molecule has 5 atom stereocenters. The molecular formula is C81H134O17P2. The Kier molecular flexibility index (Phi) is 68.6. The molecule has 0 bridgehead atoms. The van der Waals surface area contributed by atoms with Crippen LogP contribution in [0.2, 0.25) is 0 Å². The van der Waals surface area contributed by atoms with Gasteiger partial charge in [-0.25, -0.2) is 9.13 Å². The summed E-state index contributed by atoms with van der Waals surface area (Å²) in [5, 5.41) is 10.6. The smallest absolute Gasteiger partial charge is 0.462 e. The number of carbonyl (C=O) groups excluding carboxylic acids is 4. The predicted octanol–water partition coefficient (Wildman–Crippen LogP) is 21.9. The summed E-state index contributed by atoms with van der Waals surface area (Å²) in [4.78, 5) is 72.8. The molecule has 0 amide bonds. The Morgan fingerprint density at radius 2 is 0.570 bits per heavy atom. The Morgan fingerprint density at radius 1 is 0.300 bits per heavy atom. The second-order valence-corrected chi connectivity index (χ2v) is 27.7. The molecule has 0 aromatic rings. The minimum Gasteiger partial charge on any atom is -0.462 e. The van der Waals surface area contributed by atoms with Crippen molar-refractivity contribution in [3.05, 3.63) is 146 Å². The Hall–Kier alpha value is -5.06. The molecule has 0 radical (unpaired) electrons. The van der Waals surface area contributed by atoms with Gasteiger partial charge in [0.25, 0.3) is 0 Å². The van der Waals surface area contributed by atoms with Crippen LogP contribution in [0.4, 0.5) is 0 Å². The number of allylic oxidation sites excluding steroid dienone is 23. The van der Waals surface area contributed by atoms with Crippen LogP contribution in [0.5, 0.6) is 0 Å². The van der Waals surface area contributed by atoms with E-state index in [9.17, 15) is 43.2 Å². The summed E-state index contributed by atoms with van der Waals surface area (Å²) in [6, 6.07) is 0. The second-order valence-electron chi connectivity index (χ2n) is 24.8. The number of ether oxygens (including phenoxy) is 4. The van der Waals surface area contributed by atoms with Crippen molar-refractivity contribution >= 4 is 39.5 Å². The zero-order valence-electron chi connectivity index (χ0n) is 62.1. The largest absolute Gasteiger partial charge is 0.472 e. The van der Waals surface area contributed by atoms with E-state index < -0.39 is 97.5 Å². The molecule has 570 valence electrons. The van der Waals surface area contributed by atoms with Crippen LogP contribution in [0.25, 0.3) is 0 Å². The summed E-state index contributed by atoms with van der Waals surface area (Å²) < 4.78 is 68.3.